The van der Waals surface area contributed by atoms with E-state index >= 15 is 0 Å². The molecule has 0 aromatic rings. The fourth-order valence-electron chi connectivity index (χ4n) is 3.24. The summed E-state index contributed by atoms with van der Waals surface area (Å²) in [5.41, 5.74) is 0. The molecule has 7 heteroatoms. The predicted octanol–water partition coefficient (Wildman–Crippen LogP) is 0.510. The lowest BCUT2D eigenvalue weighted by atomic mass is 10.1. The van der Waals surface area contributed by atoms with E-state index in [-0.39, 0.29) is 24.3 Å². The summed E-state index contributed by atoms with van der Waals surface area (Å²) in [5.74, 6) is 0.0755. The van der Waals surface area contributed by atoms with Gasteiger partial charge in [-0.15, -0.1) is 0 Å². The van der Waals surface area contributed by atoms with Crippen molar-refractivity contribution in [2.75, 3.05) is 20.1 Å². The third-order valence-electron chi connectivity index (χ3n) is 4.67. The maximum atomic E-state index is 12.6. The minimum absolute atomic E-state index is 0.0650. The normalized spacial score (nSPS) is 24.2. The molecule has 0 aromatic carbocycles. The molecule has 24 heavy (non-hydrogen) atoms. The average molecular weight is 334 g/mol. The zero-order valence-corrected chi connectivity index (χ0v) is 14.6. The minimum Gasteiger partial charge on any atom is -0.345 e. The Hall–Kier alpha value is -2.10. The summed E-state index contributed by atoms with van der Waals surface area (Å²) in [6, 6.07) is 1.17. The minimum atomic E-state index is -0.572. The molecule has 2 aliphatic rings. The fourth-order valence-corrected chi connectivity index (χ4v) is 3.24. The molecule has 0 aromatic heterocycles. The number of nitrogens with one attached hydrogen (secondary N) is 1. The molecule has 3 unspecified atom stereocenters. The van der Waals surface area contributed by atoms with Gasteiger partial charge in [0.2, 0.25) is 17.7 Å². The number of hydrogen-bond donors (Lipinski definition) is 1. The SMILES string of the molecule is CC(=O)NC(CC1CC1)C(=O)N(C)CC(=O)N1CC(C)CC1C#N. The molecule has 1 aliphatic carbocycles. The molecule has 0 radical (unpaired) electrons. The van der Waals surface area contributed by atoms with E-state index in [0.717, 1.165) is 12.8 Å². The van der Waals surface area contributed by atoms with Gasteiger partial charge in [-0.2, -0.15) is 5.26 Å². The Bertz CT molecular complexity index is 553. The van der Waals surface area contributed by atoms with Gasteiger partial charge >= 0.3 is 0 Å². The largest absolute Gasteiger partial charge is 0.345 e. The third-order valence-corrected chi connectivity index (χ3v) is 4.67. The first-order valence-electron chi connectivity index (χ1n) is 8.53. The van der Waals surface area contributed by atoms with Gasteiger partial charge in [-0.3, -0.25) is 14.4 Å². The van der Waals surface area contributed by atoms with E-state index in [0.29, 0.717) is 31.2 Å². The number of rotatable bonds is 6. The Morgan fingerprint density at radius 3 is 2.58 bits per heavy atom. The number of likely N-dealkylation sites (N-methyl/N-ethyl adjacent to an activating group) is 1. The zero-order chi connectivity index (χ0) is 17.9. The van der Waals surface area contributed by atoms with Crippen LogP contribution in [0.1, 0.15) is 39.5 Å². The second-order valence-corrected chi connectivity index (χ2v) is 7.16. The maximum absolute atomic E-state index is 12.6. The molecule has 0 spiro atoms. The first-order chi connectivity index (χ1) is 11.3. The number of amides is 3. The molecule has 1 aliphatic heterocycles. The maximum Gasteiger partial charge on any atom is 0.245 e. The van der Waals surface area contributed by atoms with E-state index in [1.165, 1.54) is 11.8 Å². The van der Waals surface area contributed by atoms with Crippen LogP contribution in [0.25, 0.3) is 0 Å². The van der Waals surface area contributed by atoms with Crippen LogP contribution in [0.5, 0.6) is 0 Å². The molecule has 3 atom stereocenters. The predicted molar refractivity (Wildman–Crippen MR) is 87.5 cm³/mol. The number of nitriles is 1. The summed E-state index contributed by atoms with van der Waals surface area (Å²) < 4.78 is 0. The summed E-state index contributed by atoms with van der Waals surface area (Å²) in [4.78, 5) is 39.3. The first kappa shape index (κ1) is 18.2. The highest BCUT2D eigenvalue weighted by Gasteiger charge is 2.35. The average Bonchev–Trinajstić information content (AvgIpc) is 3.24. The molecule has 0 bridgehead atoms. The van der Waals surface area contributed by atoms with E-state index in [4.69, 9.17) is 5.26 Å². The van der Waals surface area contributed by atoms with E-state index in [9.17, 15) is 14.4 Å². The van der Waals surface area contributed by atoms with Crippen molar-refractivity contribution in [3.05, 3.63) is 0 Å². The summed E-state index contributed by atoms with van der Waals surface area (Å²) in [6.45, 7) is 3.89. The van der Waals surface area contributed by atoms with Crippen LogP contribution in [-0.2, 0) is 14.4 Å². The van der Waals surface area contributed by atoms with Gasteiger partial charge in [0.15, 0.2) is 0 Å². The quantitative estimate of drug-likeness (QED) is 0.766. The summed E-state index contributed by atoms with van der Waals surface area (Å²) in [7, 11) is 1.57. The van der Waals surface area contributed by atoms with Crippen molar-refractivity contribution < 1.29 is 14.4 Å². The highest BCUT2D eigenvalue weighted by molar-refractivity contribution is 5.90. The topological polar surface area (TPSA) is 93.5 Å². The van der Waals surface area contributed by atoms with Crippen molar-refractivity contribution in [2.24, 2.45) is 11.8 Å². The number of hydrogen-bond acceptors (Lipinski definition) is 4. The Kier molecular flexibility index (Phi) is 5.81. The van der Waals surface area contributed by atoms with Gasteiger partial charge in [-0.1, -0.05) is 19.8 Å². The number of carbonyl (C=O) groups is 3. The molecule has 7 nitrogen and oxygen atoms in total. The van der Waals surface area contributed by atoms with Crippen LogP contribution in [0.4, 0.5) is 0 Å². The number of likely N-dealkylation sites (tertiary alicyclic amines) is 1. The van der Waals surface area contributed by atoms with E-state index in [1.54, 1.807) is 11.9 Å². The second-order valence-electron chi connectivity index (χ2n) is 7.16. The smallest absolute Gasteiger partial charge is 0.245 e. The van der Waals surface area contributed by atoms with Crippen LogP contribution in [0.3, 0.4) is 0 Å². The van der Waals surface area contributed by atoms with Crippen molar-refractivity contribution in [3.63, 3.8) is 0 Å². The van der Waals surface area contributed by atoms with Gasteiger partial charge in [-0.05, 0) is 24.7 Å². The fraction of sp³-hybridized carbons (Fsp3) is 0.765. The molecule has 2 rings (SSSR count). The summed E-state index contributed by atoms with van der Waals surface area (Å²) >= 11 is 0. The Morgan fingerprint density at radius 1 is 1.38 bits per heavy atom. The summed E-state index contributed by atoms with van der Waals surface area (Å²) in [6.07, 6.45) is 3.47. The lowest BCUT2D eigenvalue weighted by molar-refractivity contribution is -0.141. The lowest BCUT2D eigenvalue weighted by Crippen LogP contribution is -2.50. The highest BCUT2D eigenvalue weighted by Crippen LogP contribution is 2.33. The molecular weight excluding hydrogens is 308 g/mol. The van der Waals surface area contributed by atoms with Gasteiger partial charge in [0.25, 0.3) is 0 Å². The second kappa shape index (κ2) is 7.65. The van der Waals surface area contributed by atoms with Gasteiger partial charge in [0.05, 0.1) is 12.6 Å². The standard InChI is InChI=1S/C17H26N4O3/c1-11-6-14(8-18)21(9-11)16(23)10-20(3)17(24)15(19-12(2)22)7-13-4-5-13/h11,13-15H,4-7,9-10H2,1-3H3,(H,19,22). The molecule has 1 N–H and O–H groups in total. The molecule has 132 valence electrons. The van der Waals surface area contributed by atoms with Crippen LogP contribution in [0.2, 0.25) is 0 Å². The first-order valence-corrected chi connectivity index (χ1v) is 8.53. The van der Waals surface area contributed by atoms with Crippen molar-refractivity contribution in [1.82, 2.24) is 15.1 Å². The Balaban J connectivity index is 1.94. The van der Waals surface area contributed by atoms with Gasteiger partial charge in [0.1, 0.15) is 12.1 Å². The van der Waals surface area contributed by atoms with Crippen molar-refractivity contribution in [2.45, 2.75) is 51.6 Å². The molecule has 1 saturated heterocycles. The van der Waals surface area contributed by atoms with Crippen LogP contribution in [0.15, 0.2) is 0 Å². The van der Waals surface area contributed by atoms with Crippen LogP contribution in [-0.4, -0.2) is 59.7 Å². The molecule has 1 saturated carbocycles. The number of carbonyl (C=O) groups excluding carboxylic acids is 3. The van der Waals surface area contributed by atoms with Crippen molar-refractivity contribution >= 4 is 17.7 Å². The van der Waals surface area contributed by atoms with E-state index in [1.807, 2.05) is 6.92 Å². The Labute approximate surface area is 143 Å². The van der Waals surface area contributed by atoms with Crippen LogP contribution < -0.4 is 5.32 Å². The van der Waals surface area contributed by atoms with Crippen molar-refractivity contribution in [1.29, 1.82) is 5.26 Å². The molecular formula is C17H26N4O3. The molecule has 2 fully saturated rings. The van der Waals surface area contributed by atoms with Gasteiger partial charge in [-0.25, -0.2) is 0 Å². The van der Waals surface area contributed by atoms with Crippen LogP contribution >= 0.6 is 0 Å². The monoisotopic (exact) mass is 334 g/mol. The third kappa shape index (κ3) is 4.70. The lowest BCUT2D eigenvalue weighted by Gasteiger charge is -2.27. The highest BCUT2D eigenvalue weighted by atomic mass is 16.2. The van der Waals surface area contributed by atoms with Gasteiger partial charge < -0.3 is 15.1 Å². The van der Waals surface area contributed by atoms with E-state index in [2.05, 4.69) is 11.4 Å². The molecule has 3 amide bonds. The Morgan fingerprint density at radius 2 is 2.04 bits per heavy atom. The van der Waals surface area contributed by atoms with Crippen LogP contribution in [0, 0.1) is 23.2 Å². The summed E-state index contributed by atoms with van der Waals surface area (Å²) in [5, 5.41) is 11.9. The van der Waals surface area contributed by atoms with E-state index < -0.39 is 12.1 Å². The van der Waals surface area contributed by atoms with Crippen molar-refractivity contribution in [3.8, 4) is 6.07 Å². The van der Waals surface area contributed by atoms with Gasteiger partial charge in [0, 0.05) is 20.5 Å². The zero-order valence-electron chi connectivity index (χ0n) is 14.6. The number of nitrogens with zero attached hydrogens (tertiary/aromatic N) is 3. The molecule has 1 heterocycles.